The molecule has 0 saturated heterocycles. The Morgan fingerprint density at radius 1 is 1.00 bits per heavy atom. The van der Waals surface area contributed by atoms with E-state index in [2.05, 4.69) is 5.32 Å². The van der Waals surface area contributed by atoms with E-state index in [0.717, 1.165) is 22.7 Å². The van der Waals surface area contributed by atoms with Gasteiger partial charge in [-0.1, -0.05) is 18.2 Å². The lowest BCUT2D eigenvalue weighted by molar-refractivity contribution is 0.177. The Labute approximate surface area is 93.3 Å². The predicted molar refractivity (Wildman–Crippen MR) is 60.6 cm³/mol. The van der Waals surface area contributed by atoms with Crippen LogP contribution in [0.4, 0.5) is 11.4 Å². The zero-order valence-corrected chi connectivity index (χ0v) is 8.57. The van der Waals surface area contributed by atoms with Crippen molar-refractivity contribution in [2.75, 3.05) is 5.32 Å². The molecule has 0 unspecified atom stereocenters. The van der Waals surface area contributed by atoms with Gasteiger partial charge in [0.25, 0.3) is 0 Å². The van der Waals surface area contributed by atoms with E-state index >= 15 is 0 Å². The third-order valence-corrected chi connectivity index (χ3v) is 2.59. The third-order valence-electron chi connectivity index (χ3n) is 2.59. The van der Waals surface area contributed by atoms with Gasteiger partial charge in [-0.05, 0) is 29.8 Å². The van der Waals surface area contributed by atoms with E-state index in [9.17, 15) is 5.11 Å². The van der Waals surface area contributed by atoms with Gasteiger partial charge >= 0.3 is 0 Å². The highest BCUT2D eigenvalue weighted by atomic mass is 16.5. The molecule has 79 valence electrons. The number of para-hydroxylation sites is 2. The van der Waals surface area contributed by atoms with Crippen LogP contribution in [0.3, 0.4) is 0 Å². The van der Waals surface area contributed by atoms with Crippen LogP contribution in [0.25, 0.3) is 0 Å². The van der Waals surface area contributed by atoms with Crippen molar-refractivity contribution in [1.29, 1.82) is 0 Å². The van der Waals surface area contributed by atoms with Crippen molar-refractivity contribution in [2.45, 2.75) is 6.61 Å². The van der Waals surface area contributed by atoms with Gasteiger partial charge in [-0.2, -0.15) is 0 Å². The molecule has 3 heteroatoms. The summed E-state index contributed by atoms with van der Waals surface area (Å²) in [7, 11) is 0. The average Bonchev–Trinajstić information content (AvgIpc) is 2.35. The van der Waals surface area contributed by atoms with Gasteiger partial charge in [0.1, 0.15) is 6.61 Å². The van der Waals surface area contributed by atoms with Gasteiger partial charge in [-0.3, -0.25) is 0 Å². The fraction of sp³-hybridized carbons (Fsp3) is 0.0769. The minimum atomic E-state index is -0.224. The first-order chi connectivity index (χ1) is 7.86. The number of nitrogens with one attached hydrogen (secondary N) is 1. The lowest BCUT2D eigenvalue weighted by Crippen LogP contribution is -2.02. The Morgan fingerprint density at radius 2 is 1.81 bits per heavy atom. The highest BCUT2D eigenvalue weighted by Gasteiger charge is 2.15. The number of fused-ring (bicyclic) bond motifs is 2. The highest BCUT2D eigenvalue weighted by molar-refractivity contribution is 5.75. The Hall–Kier alpha value is -2.00. The van der Waals surface area contributed by atoms with Crippen molar-refractivity contribution in [3.05, 3.63) is 48.0 Å². The van der Waals surface area contributed by atoms with Gasteiger partial charge in [-0.25, -0.2) is 5.11 Å². The molecule has 1 heterocycles. The summed E-state index contributed by atoms with van der Waals surface area (Å²) in [5.41, 5.74) is 2.58. The maximum Gasteiger partial charge on any atom is 0.151 e. The lowest BCUT2D eigenvalue weighted by Gasteiger charge is -2.21. The predicted octanol–water partition coefficient (Wildman–Crippen LogP) is 3.47. The van der Waals surface area contributed by atoms with Crippen molar-refractivity contribution in [3.8, 4) is 11.5 Å². The topological polar surface area (TPSA) is 41.2 Å². The minimum absolute atomic E-state index is 0.224. The second-order valence-corrected chi connectivity index (χ2v) is 3.70. The molecule has 0 amide bonds. The van der Waals surface area contributed by atoms with Gasteiger partial charge in [0, 0.05) is 0 Å². The molecule has 2 aromatic carbocycles. The highest BCUT2D eigenvalue weighted by Crippen LogP contribution is 2.41. The number of ether oxygens (including phenoxy) is 1. The van der Waals surface area contributed by atoms with Crippen LogP contribution in [0.1, 0.15) is 5.56 Å². The molecule has 3 rings (SSSR count). The van der Waals surface area contributed by atoms with Crippen molar-refractivity contribution in [3.63, 3.8) is 0 Å². The molecule has 1 aliphatic heterocycles. The third kappa shape index (κ3) is 1.42. The van der Waals surface area contributed by atoms with Crippen molar-refractivity contribution in [2.24, 2.45) is 0 Å². The molecule has 0 bridgehead atoms. The maximum atomic E-state index is 10.8. The molecule has 1 N–H and O–H groups in total. The Morgan fingerprint density at radius 3 is 2.69 bits per heavy atom. The molecule has 0 saturated carbocycles. The molecule has 2 aromatic rings. The van der Waals surface area contributed by atoms with Crippen LogP contribution in [0.5, 0.6) is 11.5 Å². The average molecular weight is 212 g/mol. The molecule has 0 spiro atoms. The summed E-state index contributed by atoms with van der Waals surface area (Å²) in [6.45, 7) is -0.224. The number of hydrogen-bond acceptors (Lipinski definition) is 2. The summed E-state index contributed by atoms with van der Waals surface area (Å²) in [4.78, 5) is 0. The molecule has 1 radical (unpaired) electrons. The van der Waals surface area contributed by atoms with Gasteiger partial charge in [0.15, 0.2) is 11.5 Å². The molecule has 0 aromatic heterocycles. The van der Waals surface area contributed by atoms with E-state index in [0.29, 0.717) is 5.75 Å². The first kappa shape index (κ1) is 9.24. The van der Waals surface area contributed by atoms with Crippen LogP contribution in [0.2, 0.25) is 0 Å². The van der Waals surface area contributed by atoms with Gasteiger partial charge in [0.05, 0.1) is 11.4 Å². The monoisotopic (exact) mass is 212 g/mol. The van der Waals surface area contributed by atoms with Crippen molar-refractivity contribution < 1.29 is 9.84 Å². The van der Waals surface area contributed by atoms with Crippen molar-refractivity contribution in [1.82, 2.24) is 0 Å². The van der Waals surface area contributed by atoms with E-state index in [1.165, 1.54) is 0 Å². The number of anilines is 2. The van der Waals surface area contributed by atoms with Crippen LogP contribution in [0, 0.1) is 0 Å². The molecule has 16 heavy (non-hydrogen) atoms. The first-order valence-corrected chi connectivity index (χ1v) is 5.12. The van der Waals surface area contributed by atoms with E-state index in [-0.39, 0.29) is 6.61 Å². The molecule has 0 aliphatic carbocycles. The summed E-state index contributed by atoms with van der Waals surface area (Å²) in [6.07, 6.45) is 0. The summed E-state index contributed by atoms with van der Waals surface area (Å²) >= 11 is 0. The van der Waals surface area contributed by atoms with Crippen LogP contribution >= 0.6 is 0 Å². The van der Waals surface area contributed by atoms with Crippen LogP contribution in [0.15, 0.2) is 42.5 Å². The maximum absolute atomic E-state index is 10.8. The number of rotatable bonds is 1. The fourth-order valence-corrected chi connectivity index (χ4v) is 1.77. The molecule has 1 aliphatic rings. The smallest absolute Gasteiger partial charge is 0.151 e. The largest absolute Gasteiger partial charge is 0.453 e. The molecular formula is C13H10NO2. The summed E-state index contributed by atoms with van der Waals surface area (Å²) < 4.78 is 5.72. The Bertz CT molecular complexity index is 537. The van der Waals surface area contributed by atoms with E-state index in [1.54, 1.807) is 6.07 Å². The Kier molecular flexibility index (Phi) is 2.04. The zero-order valence-electron chi connectivity index (χ0n) is 8.57. The summed E-state index contributed by atoms with van der Waals surface area (Å²) in [5.74, 6) is 1.50. The van der Waals surface area contributed by atoms with Crippen molar-refractivity contribution >= 4 is 11.4 Å². The van der Waals surface area contributed by atoms with Crippen LogP contribution < -0.4 is 10.1 Å². The van der Waals surface area contributed by atoms with Gasteiger partial charge < -0.3 is 10.1 Å². The molecule has 3 nitrogen and oxygen atoms in total. The molecule has 0 atom stereocenters. The Balaban J connectivity index is 2.05. The summed E-state index contributed by atoms with van der Waals surface area (Å²) in [5, 5.41) is 14.1. The quantitative estimate of drug-likeness (QED) is 0.671. The molecule has 0 fully saturated rings. The van der Waals surface area contributed by atoms with Crippen LogP contribution in [-0.4, -0.2) is 0 Å². The minimum Gasteiger partial charge on any atom is -0.453 e. The van der Waals surface area contributed by atoms with E-state index in [1.807, 2.05) is 36.4 Å². The van der Waals surface area contributed by atoms with Crippen LogP contribution in [-0.2, 0) is 11.7 Å². The SMILES string of the molecule is [O]Cc1ccc2c(c1)Oc1ccccc1N2. The van der Waals surface area contributed by atoms with Gasteiger partial charge in [-0.15, -0.1) is 0 Å². The normalized spacial score (nSPS) is 12.1. The van der Waals surface area contributed by atoms with E-state index in [4.69, 9.17) is 4.74 Å². The zero-order chi connectivity index (χ0) is 11.0. The number of benzene rings is 2. The van der Waals surface area contributed by atoms with E-state index < -0.39 is 0 Å². The molecular weight excluding hydrogens is 202 g/mol. The van der Waals surface area contributed by atoms with Gasteiger partial charge in [0.2, 0.25) is 0 Å². The summed E-state index contributed by atoms with van der Waals surface area (Å²) in [6, 6.07) is 13.2. The second-order valence-electron chi connectivity index (χ2n) is 3.70. The first-order valence-electron chi connectivity index (χ1n) is 5.12. The standard InChI is InChI=1S/C13H10NO2/c15-8-9-5-6-11-13(7-9)16-12-4-2-1-3-10(12)14-11/h1-7,14H,8H2. The fourth-order valence-electron chi connectivity index (χ4n) is 1.77. The number of hydrogen-bond donors (Lipinski definition) is 1. The second kappa shape index (κ2) is 3.54. The lowest BCUT2D eigenvalue weighted by atomic mass is 10.1.